The summed E-state index contributed by atoms with van der Waals surface area (Å²) in [5, 5.41) is 3.41. The summed E-state index contributed by atoms with van der Waals surface area (Å²) < 4.78 is 0. The number of Topliss-reactive ketones (excluding diaryl/α,β-unsaturated/α-hetero) is 1. The van der Waals surface area contributed by atoms with Crippen LogP contribution >= 0.6 is 0 Å². The van der Waals surface area contributed by atoms with E-state index in [2.05, 4.69) is 37.4 Å². The van der Waals surface area contributed by atoms with Gasteiger partial charge in [0.15, 0.2) is 5.78 Å². The summed E-state index contributed by atoms with van der Waals surface area (Å²) in [6.45, 7) is 5.34. The van der Waals surface area contributed by atoms with Crippen molar-refractivity contribution in [3.8, 4) is 0 Å². The van der Waals surface area contributed by atoms with Crippen LogP contribution in [-0.2, 0) is 11.2 Å². The molecular weight excluding hydrogens is 246 g/mol. The molecule has 0 bridgehead atoms. The van der Waals surface area contributed by atoms with E-state index < -0.39 is 0 Å². The Bertz CT molecular complexity index is 441. The lowest BCUT2D eigenvalue weighted by Gasteiger charge is -2.27. The lowest BCUT2D eigenvalue weighted by molar-refractivity contribution is -0.122. The molecule has 1 aromatic carbocycles. The van der Waals surface area contributed by atoms with Gasteiger partial charge in [0.1, 0.15) is 0 Å². The molecule has 0 radical (unpaired) electrons. The van der Waals surface area contributed by atoms with Gasteiger partial charge in [-0.25, -0.2) is 0 Å². The molecule has 0 aliphatic carbocycles. The second-order valence-corrected chi connectivity index (χ2v) is 5.92. The molecule has 1 aromatic rings. The van der Waals surface area contributed by atoms with Crippen molar-refractivity contribution in [2.75, 3.05) is 6.54 Å². The summed E-state index contributed by atoms with van der Waals surface area (Å²) in [5.41, 5.74) is 2.54. The largest absolute Gasteiger partial charge is 0.303 e. The van der Waals surface area contributed by atoms with Gasteiger partial charge in [-0.05, 0) is 23.5 Å². The maximum atomic E-state index is 12.6. The number of unbranched alkanes of at least 4 members (excludes halogenated alkanes) is 1. The Balaban J connectivity index is 2.03. The normalized spacial score (nSPS) is 19.4. The third-order valence-corrected chi connectivity index (χ3v) is 4.46. The van der Waals surface area contributed by atoms with E-state index in [0.717, 1.165) is 25.8 Å². The smallest absolute Gasteiger partial charge is 0.154 e. The zero-order chi connectivity index (χ0) is 14.4. The van der Waals surface area contributed by atoms with Crippen LogP contribution in [0.2, 0.25) is 0 Å². The Hall–Kier alpha value is -1.15. The topological polar surface area (TPSA) is 29.1 Å². The fourth-order valence-electron chi connectivity index (χ4n) is 3.14. The van der Waals surface area contributed by atoms with Crippen LogP contribution in [0.25, 0.3) is 0 Å². The molecule has 1 aliphatic heterocycles. The molecule has 0 saturated heterocycles. The summed E-state index contributed by atoms with van der Waals surface area (Å²) in [6.07, 6.45) is 6.51. The van der Waals surface area contributed by atoms with Crippen molar-refractivity contribution >= 4 is 5.78 Å². The van der Waals surface area contributed by atoms with Crippen molar-refractivity contribution < 1.29 is 4.79 Å². The third kappa shape index (κ3) is 3.69. The highest BCUT2D eigenvalue weighted by Gasteiger charge is 2.26. The van der Waals surface area contributed by atoms with Crippen molar-refractivity contribution in [3.05, 3.63) is 35.4 Å². The van der Waals surface area contributed by atoms with Crippen LogP contribution < -0.4 is 5.32 Å². The van der Waals surface area contributed by atoms with Crippen LogP contribution in [0.1, 0.15) is 63.1 Å². The molecule has 0 fully saturated rings. The number of carbonyl (C=O) groups is 1. The number of rotatable bonds is 7. The zero-order valence-corrected chi connectivity index (χ0v) is 12.8. The number of benzene rings is 1. The summed E-state index contributed by atoms with van der Waals surface area (Å²) in [6, 6.07) is 8.31. The summed E-state index contributed by atoms with van der Waals surface area (Å²) in [7, 11) is 0. The molecule has 1 aliphatic rings. The Kier molecular flexibility index (Phi) is 5.78. The second-order valence-electron chi connectivity index (χ2n) is 5.92. The highest BCUT2D eigenvalue weighted by molar-refractivity contribution is 5.86. The summed E-state index contributed by atoms with van der Waals surface area (Å²) in [4.78, 5) is 12.6. The zero-order valence-electron chi connectivity index (χ0n) is 12.8. The van der Waals surface area contributed by atoms with Crippen molar-refractivity contribution in [2.45, 2.75) is 58.4 Å². The average Bonchev–Trinajstić information content (AvgIpc) is 2.50. The van der Waals surface area contributed by atoms with Crippen LogP contribution in [0.5, 0.6) is 0 Å². The van der Waals surface area contributed by atoms with E-state index in [-0.39, 0.29) is 6.04 Å². The fourth-order valence-corrected chi connectivity index (χ4v) is 3.14. The highest BCUT2D eigenvalue weighted by atomic mass is 16.1. The van der Waals surface area contributed by atoms with Crippen molar-refractivity contribution in [2.24, 2.45) is 5.92 Å². The van der Waals surface area contributed by atoms with Crippen LogP contribution in [0.15, 0.2) is 24.3 Å². The van der Waals surface area contributed by atoms with Gasteiger partial charge >= 0.3 is 0 Å². The average molecular weight is 273 g/mol. The summed E-state index contributed by atoms with van der Waals surface area (Å²) in [5.74, 6) is 0.929. The monoisotopic (exact) mass is 273 g/mol. The molecule has 2 atom stereocenters. The molecule has 1 N–H and O–H groups in total. The van der Waals surface area contributed by atoms with Crippen molar-refractivity contribution in [1.29, 1.82) is 0 Å². The molecule has 2 rings (SSSR count). The highest BCUT2D eigenvalue weighted by Crippen LogP contribution is 2.27. The van der Waals surface area contributed by atoms with Crippen LogP contribution in [0, 0.1) is 5.92 Å². The minimum atomic E-state index is -0.0735. The molecule has 2 heteroatoms. The first-order chi connectivity index (χ1) is 9.76. The number of fused-ring (bicyclic) bond motifs is 1. The first-order valence-electron chi connectivity index (χ1n) is 8.10. The molecule has 0 saturated carbocycles. The van der Waals surface area contributed by atoms with Gasteiger partial charge in [-0.15, -0.1) is 0 Å². The maximum absolute atomic E-state index is 12.6. The van der Waals surface area contributed by atoms with E-state index in [4.69, 9.17) is 0 Å². The first-order valence-corrected chi connectivity index (χ1v) is 8.10. The lowest BCUT2D eigenvalue weighted by atomic mass is 9.86. The van der Waals surface area contributed by atoms with Crippen LogP contribution in [0.4, 0.5) is 0 Å². The van der Waals surface area contributed by atoms with Gasteiger partial charge in [-0.1, -0.05) is 63.8 Å². The van der Waals surface area contributed by atoms with E-state index in [9.17, 15) is 4.79 Å². The minimum absolute atomic E-state index is 0.0735. The quantitative estimate of drug-likeness (QED) is 0.812. The van der Waals surface area contributed by atoms with Crippen molar-refractivity contribution in [1.82, 2.24) is 5.32 Å². The SMILES string of the molecule is CCCCC(CC)CC(=O)C1NCCc2ccccc21. The van der Waals surface area contributed by atoms with Crippen LogP contribution in [-0.4, -0.2) is 12.3 Å². The number of carbonyl (C=O) groups excluding carboxylic acids is 1. The van der Waals surface area contributed by atoms with E-state index in [1.54, 1.807) is 0 Å². The predicted molar refractivity (Wildman–Crippen MR) is 83.8 cm³/mol. The number of nitrogens with one attached hydrogen (secondary N) is 1. The van der Waals surface area contributed by atoms with E-state index >= 15 is 0 Å². The Morgan fingerprint density at radius 2 is 2.15 bits per heavy atom. The Labute approximate surface area is 123 Å². The molecule has 1 heterocycles. The molecule has 110 valence electrons. The molecule has 0 aromatic heterocycles. The number of hydrogen-bond acceptors (Lipinski definition) is 2. The molecule has 0 spiro atoms. The first kappa shape index (κ1) is 15.2. The molecule has 2 unspecified atom stereocenters. The van der Waals surface area contributed by atoms with E-state index in [0.29, 0.717) is 11.7 Å². The fraction of sp³-hybridized carbons (Fsp3) is 0.611. The van der Waals surface area contributed by atoms with E-state index in [1.165, 1.54) is 30.4 Å². The van der Waals surface area contributed by atoms with Gasteiger partial charge in [-0.3, -0.25) is 4.79 Å². The molecular formula is C18H27NO. The molecule has 2 nitrogen and oxygen atoms in total. The van der Waals surface area contributed by atoms with Gasteiger partial charge < -0.3 is 5.32 Å². The molecule has 0 amide bonds. The Morgan fingerprint density at radius 3 is 2.90 bits per heavy atom. The summed E-state index contributed by atoms with van der Waals surface area (Å²) >= 11 is 0. The maximum Gasteiger partial charge on any atom is 0.154 e. The van der Waals surface area contributed by atoms with Crippen molar-refractivity contribution in [3.63, 3.8) is 0 Å². The van der Waals surface area contributed by atoms with Gasteiger partial charge in [0, 0.05) is 13.0 Å². The lowest BCUT2D eigenvalue weighted by Crippen LogP contribution is -2.35. The van der Waals surface area contributed by atoms with E-state index in [1.807, 2.05) is 6.07 Å². The predicted octanol–water partition coefficient (Wildman–Crippen LogP) is 4.05. The van der Waals surface area contributed by atoms with Gasteiger partial charge in [-0.2, -0.15) is 0 Å². The van der Waals surface area contributed by atoms with Crippen LogP contribution in [0.3, 0.4) is 0 Å². The Morgan fingerprint density at radius 1 is 1.35 bits per heavy atom. The van der Waals surface area contributed by atoms with Gasteiger partial charge in [0.05, 0.1) is 6.04 Å². The standard InChI is InChI=1S/C18H27NO/c1-3-5-8-14(4-2)13-17(20)18-16-10-7-6-9-15(16)11-12-19-18/h6-7,9-10,14,18-19H,3-5,8,11-13H2,1-2H3. The second kappa shape index (κ2) is 7.58. The van der Waals surface area contributed by atoms with Gasteiger partial charge in [0.2, 0.25) is 0 Å². The number of ketones is 1. The molecule has 20 heavy (non-hydrogen) atoms. The van der Waals surface area contributed by atoms with Gasteiger partial charge in [0.25, 0.3) is 0 Å². The minimum Gasteiger partial charge on any atom is -0.303 e. The number of hydrogen-bond donors (Lipinski definition) is 1. The third-order valence-electron chi connectivity index (χ3n) is 4.46.